The summed E-state index contributed by atoms with van der Waals surface area (Å²) < 4.78 is 13.1. The molecule has 2 aliphatic rings. The number of benzene rings is 1. The molecule has 2 heterocycles. The molecule has 5 rings (SSSR count). The standard InChI is InChI=1S/C26H28N4O4S/c1-5-34-25(32)18-13-30(14-6-7-14)21-16(22(18)31)9-8-15(23(21)33-4)20-12-17-19(35-20)10-11-26(2,3)24(17)28-29-27/h8-9,12-14,24H,5-7,10-11H2,1-4H3. The summed E-state index contributed by atoms with van der Waals surface area (Å²) in [5.74, 6) is 0.00887. The van der Waals surface area contributed by atoms with Crippen LogP contribution in [-0.2, 0) is 11.2 Å². The lowest BCUT2D eigenvalue weighted by atomic mass is 9.73. The van der Waals surface area contributed by atoms with Crippen molar-refractivity contribution in [2.75, 3.05) is 13.7 Å². The summed E-state index contributed by atoms with van der Waals surface area (Å²) in [7, 11) is 1.61. The Morgan fingerprint density at radius 2 is 2.11 bits per heavy atom. The van der Waals surface area contributed by atoms with E-state index in [2.05, 4.69) is 29.9 Å². The molecule has 0 spiro atoms. The first-order valence-electron chi connectivity index (χ1n) is 11.9. The van der Waals surface area contributed by atoms with Gasteiger partial charge in [0.1, 0.15) is 5.56 Å². The molecule has 1 fully saturated rings. The molecule has 1 unspecified atom stereocenters. The van der Waals surface area contributed by atoms with Crippen molar-refractivity contribution in [3.8, 4) is 16.2 Å². The number of aryl methyl sites for hydroxylation is 1. The first-order chi connectivity index (χ1) is 16.8. The SMILES string of the molecule is CCOC(=O)c1cn(C2CC2)c2c(OC)c(-c3cc4c(s3)CCC(C)(C)C4N=[N+]=[N-])ccc2c1=O. The second kappa shape index (κ2) is 8.73. The summed E-state index contributed by atoms with van der Waals surface area (Å²) in [5, 5.41) is 4.58. The maximum atomic E-state index is 13.3. The Morgan fingerprint density at radius 1 is 1.34 bits per heavy atom. The molecule has 8 nitrogen and oxygen atoms in total. The van der Waals surface area contributed by atoms with Gasteiger partial charge in [-0.25, -0.2) is 4.79 Å². The van der Waals surface area contributed by atoms with E-state index >= 15 is 0 Å². The normalized spacial score (nSPS) is 18.6. The largest absolute Gasteiger partial charge is 0.494 e. The maximum absolute atomic E-state index is 13.3. The number of pyridine rings is 1. The molecule has 35 heavy (non-hydrogen) atoms. The average molecular weight is 493 g/mol. The summed E-state index contributed by atoms with van der Waals surface area (Å²) in [5.41, 5.74) is 11.4. The minimum Gasteiger partial charge on any atom is -0.494 e. The molecular weight excluding hydrogens is 464 g/mol. The number of thiophene rings is 1. The number of nitrogens with zero attached hydrogens (tertiary/aromatic N) is 4. The highest BCUT2D eigenvalue weighted by Gasteiger charge is 2.37. The lowest BCUT2D eigenvalue weighted by Gasteiger charge is -2.35. The minimum absolute atomic E-state index is 0.0482. The van der Waals surface area contributed by atoms with Gasteiger partial charge in [0, 0.05) is 32.5 Å². The fraction of sp³-hybridized carbons (Fsp3) is 0.462. The van der Waals surface area contributed by atoms with Crippen molar-refractivity contribution < 1.29 is 14.3 Å². The number of carbonyl (C=O) groups excluding carboxylic acids is 1. The first kappa shape index (κ1) is 23.5. The number of methoxy groups -OCH3 is 1. The van der Waals surface area contributed by atoms with Crippen molar-refractivity contribution in [3.05, 3.63) is 61.1 Å². The van der Waals surface area contributed by atoms with Gasteiger partial charge in [-0.05, 0) is 67.3 Å². The van der Waals surface area contributed by atoms with Crippen LogP contribution < -0.4 is 10.2 Å². The van der Waals surface area contributed by atoms with Crippen LogP contribution in [0.15, 0.2) is 34.3 Å². The Morgan fingerprint density at radius 3 is 2.77 bits per heavy atom. The van der Waals surface area contributed by atoms with E-state index in [1.165, 1.54) is 4.88 Å². The van der Waals surface area contributed by atoms with Gasteiger partial charge in [0.05, 0.1) is 30.7 Å². The number of esters is 1. The van der Waals surface area contributed by atoms with Crippen molar-refractivity contribution >= 4 is 28.2 Å². The highest BCUT2D eigenvalue weighted by Crippen LogP contribution is 2.51. The fourth-order valence-corrected chi connectivity index (χ4v) is 6.29. The first-order valence-corrected chi connectivity index (χ1v) is 12.7. The number of aromatic nitrogens is 1. The van der Waals surface area contributed by atoms with Crippen molar-refractivity contribution in [3.63, 3.8) is 0 Å². The van der Waals surface area contributed by atoms with Crippen LogP contribution in [0.4, 0.5) is 0 Å². The number of hydrogen-bond acceptors (Lipinski definition) is 6. The average Bonchev–Trinajstić information content (AvgIpc) is 3.59. The van der Waals surface area contributed by atoms with Gasteiger partial charge in [-0.15, -0.1) is 11.3 Å². The van der Waals surface area contributed by atoms with Crippen LogP contribution in [0.1, 0.15) is 72.9 Å². The highest BCUT2D eigenvalue weighted by molar-refractivity contribution is 7.15. The molecule has 9 heteroatoms. The lowest BCUT2D eigenvalue weighted by molar-refractivity contribution is 0.0524. The van der Waals surface area contributed by atoms with E-state index in [1.54, 1.807) is 37.6 Å². The van der Waals surface area contributed by atoms with Gasteiger partial charge in [-0.1, -0.05) is 19.0 Å². The fourth-order valence-electron chi connectivity index (χ4n) is 5.08. The molecule has 1 aromatic carbocycles. The summed E-state index contributed by atoms with van der Waals surface area (Å²) in [6, 6.07) is 5.76. The second-order valence-corrected chi connectivity index (χ2v) is 11.0. The van der Waals surface area contributed by atoms with Crippen LogP contribution in [0.3, 0.4) is 0 Å². The number of hydrogen-bond donors (Lipinski definition) is 0. The third-order valence-corrected chi connectivity index (χ3v) is 8.34. The van der Waals surface area contributed by atoms with Gasteiger partial charge < -0.3 is 14.0 Å². The maximum Gasteiger partial charge on any atom is 0.343 e. The zero-order valence-corrected chi connectivity index (χ0v) is 21.1. The lowest BCUT2D eigenvalue weighted by Crippen LogP contribution is -2.25. The summed E-state index contributed by atoms with van der Waals surface area (Å²) in [4.78, 5) is 31.1. The Balaban J connectivity index is 1.72. The van der Waals surface area contributed by atoms with Gasteiger partial charge in [-0.2, -0.15) is 0 Å². The molecule has 2 aliphatic carbocycles. The highest BCUT2D eigenvalue weighted by atomic mass is 32.1. The quantitative estimate of drug-likeness (QED) is 0.168. The van der Waals surface area contributed by atoms with Gasteiger partial charge in [0.15, 0.2) is 5.75 Å². The molecule has 182 valence electrons. The van der Waals surface area contributed by atoms with Crippen molar-refractivity contribution in [1.29, 1.82) is 0 Å². The van der Waals surface area contributed by atoms with Crippen LogP contribution in [0.5, 0.6) is 5.75 Å². The van der Waals surface area contributed by atoms with E-state index in [-0.39, 0.29) is 35.1 Å². The summed E-state index contributed by atoms with van der Waals surface area (Å²) in [6.07, 6.45) is 5.45. The van der Waals surface area contributed by atoms with Crippen molar-refractivity contribution in [2.24, 2.45) is 10.5 Å². The molecule has 0 aliphatic heterocycles. The Labute approximate surface area is 207 Å². The van der Waals surface area contributed by atoms with E-state index in [0.29, 0.717) is 16.7 Å². The number of carbonyl (C=O) groups is 1. The zero-order valence-electron chi connectivity index (χ0n) is 20.3. The topological polar surface area (TPSA) is 106 Å². The molecule has 3 aromatic rings. The Hall–Kier alpha value is -3.29. The molecule has 2 aromatic heterocycles. The minimum atomic E-state index is -0.602. The van der Waals surface area contributed by atoms with E-state index < -0.39 is 5.97 Å². The van der Waals surface area contributed by atoms with Crippen LogP contribution >= 0.6 is 11.3 Å². The van der Waals surface area contributed by atoms with Crippen LogP contribution in [0, 0.1) is 5.41 Å². The van der Waals surface area contributed by atoms with Gasteiger partial charge in [0.2, 0.25) is 5.43 Å². The Bertz CT molecular complexity index is 1440. The van der Waals surface area contributed by atoms with E-state index in [0.717, 1.165) is 41.7 Å². The predicted molar refractivity (Wildman–Crippen MR) is 136 cm³/mol. The predicted octanol–water partition coefficient (Wildman–Crippen LogP) is 6.57. The molecule has 0 saturated heterocycles. The van der Waals surface area contributed by atoms with E-state index in [1.807, 2.05) is 10.6 Å². The molecule has 0 bridgehead atoms. The van der Waals surface area contributed by atoms with Crippen molar-refractivity contribution in [2.45, 2.75) is 58.5 Å². The third-order valence-electron chi connectivity index (χ3n) is 7.09. The van der Waals surface area contributed by atoms with Crippen LogP contribution in [0.25, 0.3) is 31.8 Å². The third kappa shape index (κ3) is 3.89. The van der Waals surface area contributed by atoms with Crippen LogP contribution in [-0.4, -0.2) is 24.3 Å². The number of ether oxygens (including phenoxy) is 2. The van der Waals surface area contributed by atoms with Gasteiger partial charge in [-0.3, -0.25) is 4.79 Å². The number of fused-ring (bicyclic) bond motifs is 2. The summed E-state index contributed by atoms with van der Waals surface area (Å²) >= 11 is 1.68. The van der Waals surface area contributed by atoms with E-state index in [4.69, 9.17) is 9.47 Å². The molecule has 1 saturated carbocycles. The number of rotatable bonds is 6. The molecular formula is C26H28N4O4S. The molecule has 0 N–H and O–H groups in total. The molecule has 0 radical (unpaired) electrons. The monoisotopic (exact) mass is 492 g/mol. The van der Waals surface area contributed by atoms with Gasteiger partial charge in [0.25, 0.3) is 0 Å². The number of azide groups is 1. The summed E-state index contributed by atoms with van der Waals surface area (Å²) in [6.45, 7) is 6.21. The Kier molecular flexibility index (Phi) is 5.85. The second-order valence-electron chi connectivity index (χ2n) is 9.86. The van der Waals surface area contributed by atoms with Crippen molar-refractivity contribution in [1.82, 2.24) is 4.57 Å². The smallest absolute Gasteiger partial charge is 0.343 e. The van der Waals surface area contributed by atoms with Crippen LogP contribution in [0.2, 0.25) is 0 Å². The molecule has 0 amide bonds. The van der Waals surface area contributed by atoms with Gasteiger partial charge >= 0.3 is 5.97 Å². The van der Waals surface area contributed by atoms with E-state index in [9.17, 15) is 15.1 Å². The zero-order chi connectivity index (χ0) is 24.9. The molecule has 1 atom stereocenters.